The van der Waals surface area contributed by atoms with Crippen molar-refractivity contribution in [1.82, 2.24) is 0 Å². The van der Waals surface area contributed by atoms with Gasteiger partial charge < -0.3 is 14.2 Å². The third kappa shape index (κ3) is 51.2. The summed E-state index contributed by atoms with van der Waals surface area (Å²) < 4.78 is 16.6. The molecule has 0 aromatic rings. The van der Waals surface area contributed by atoms with E-state index in [1.165, 1.54) is 83.5 Å². The number of hydrogen-bond donors (Lipinski definition) is 0. The van der Waals surface area contributed by atoms with Crippen molar-refractivity contribution in [2.24, 2.45) is 0 Å². The average Bonchev–Trinajstić information content (AvgIpc) is 3.30. The topological polar surface area (TPSA) is 78.9 Å². The average molecular weight is 903 g/mol. The molecule has 1 atom stereocenters. The Hall–Kier alpha value is -3.67. The number of carbonyl (C=O) groups excluding carboxylic acids is 3. The maximum atomic E-state index is 12.8. The first-order valence-corrected chi connectivity index (χ1v) is 26.7. The molecule has 0 rings (SSSR count). The van der Waals surface area contributed by atoms with E-state index < -0.39 is 6.10 Å². The Morgan fingerprint density at radius 2 is 0.600 bits per heavy atom. The highest BCUT2D eigenvalue weighted by Gasteiger charge is 2.19. The lowest BCUT2D eigenvalue weighted by atomic mass is 10.1. The number of rotatable bonds is 47. The molecule has 0 aromatic carbocycles. The van der Waals surface area contributed by atoms with Crippen LogP contribution < -0.4 is 0 Å². The van der Waals surface area contributed by atoms with Crippen LogP contribution in [0.3, 0.4) is 0 Å². The van der Waals surface area contributed by atoms with E-state index in [1.807, 2.05) is 0 Å². The molecule has 0 aliphatic rings. The molecule has 6 nitrogen and oxygen atoms in total. The highest BCUT2D eigenvalue weighted by Crippen LogP contribution is 2.14. The van der Waals surface area contributed by atoms with Crippen molar-refractivity contribution < 1.29 is 28.6 Å². The number of allylic oxidation sites excluding steroid dienone is 16. The van der Waals surface area contributed by atoms with E-state index in [1.54, 1.807) is 0 Å². The molecule has 0 aliphatic carbocycles. The quantitative estimate of drug-likeness (QED) is 0.0262. The first kappa shape index (κ1) is 61.3. The Kier molecular flexibility index (Phi) is 50.0. The minimum absolute atomic E-state index is 0.0948. The minimum Gasteiger partial charge on any atom is -0.462 e. The van der Waals surface area contributed by atoms with Crippen molar-refractivity contribution in [2.45, 2.75) is 245 Å². The summed E-state index contributed by atoms with van der Waals surface area (Å²) in [5, 5.41) is 0. The van der Waals surface area contributed by atoms with Crippen LogP contribution in [0.2, 0.25) is 0 Å². The van der Waals surface area contributed by atoms with E-state index in [4.69, 9.17) is 14.2 Å². The van der Waals surface area contributed by atoms with E-state index in [2.05, 4.69) is 118 Å². The van der Waals surface area contributed by atoms with Crippen LogP contribution >= 0.6 is 0 Å². The van der Waals surface area contributed by atoms with Crippen LogP contribution in [0.5, 0.6) is 0 Å². The molecule has 370 valence electrons. The molecule has 0 aromatic heterocycles. The van der Waals surface area contributed by atoms with Crippen molar-refractivity contribution in [3.63, 3.8) is 0 Å². The van der Waals surface area contributed by atoms with Gasteiger partial charge in [0, 0.05) is 19.3 Å². The normalized spacial score (nSPS) is 12.8. The van der Waals surface area contributed by atoms with Gasteiger partial charge in [-0.15, -0.1) is 0 Å². The molecular weight excluding hydrogens is 805 g/mol. The molecule has 0 spiro atoms. The monoisotopic (exact) mass is 903 g/mol. The summed E-state index contributed by atoms with van der Waals surface area (Å²) in [7, 11) is 0. The van der Waals surface area contributed by atoms with Gasteiger partial charge in [-0.3, -0.25) is 14.4 Å². The Balaban J connectivity index is 4.25. The lowest BCUT2D eigenvalue weighted by Gasteiger charge is -2.18. The zero-order chi connectivity index (χ0) is 47.2. The number of hydrogen-bond acceptors (Lipinski definition) is 6. The Labute approximate surface area is 400 Å². The summed E-state index contributed by atoms with van der Waals surface area (Å²) in [6, 6.07) is 0. The molecule has 6 heteroatoms. The highest BCUT2D eigenvalue weighted by atomic mass is 16.6. The van der Waals surface area contributed by atoms with Crippen LogP contribution in [-0.4, -0.2) is 37.2 Å². The highest BCUT2D eigenvalue weighted by molar-refractivity contribution is 5.71. The second-order valence-electron chi connectivity index (χ2n) is 17.4. The van der Waals surface area contributed by atoms with E-state index in [0.717, 1.165) is 116 Å². The Morgan fingerprint density at radius 1 is 0.323 bits per heavy atom. The van der Waals surface area contributed by atoms with Crippen molar-refractivity contribution in [3.05, 3.63) is 97.2 Å². The molecule has 0 N–H and O–H groups in total. The van der Waals surface area contributed by atoms with E-state index in [9.17, 15) is 14.4 Å². The molecule has 0 bridgehead atoms. The van der Waals surface area contributed by atoms with Crippen LogP contribution in [0.1, 0.15) is 239 Å². The van der Waals surface area contributed by atoms with Crippen molar-refractivity contribution >= 4 is 17.9 Å². The summed E-state index contributed by atoms with van der Waals surface area (Å²) in [6.45, 7) is 6.38. The van der Waals surface area contributed by atoms with E-state index in [-0.39, 0.29) is 31.1 Å². The van der Waals surface area contributed by atoms with Gasteiger partial charge in [-0.25, -0.2) is 0 Å². The van der Waals surface area contributed by atoms with Crippen molar-refractivity contribution in [1.29, 1.82) is 0 Å². The van der Waals surface area contributed by atoms with Crippen LogP contribution in [0.15, 0.2) is 97.2 Å². The molecule has 0 amide bonds. The second-order valence-corrected chi connectivity index (χ2v) is 17.4. The fraction of sp³-hybridized carbons (Fsp3) is 0.678. The largest absolute Gasteiger partial charge is 0.462 e. The SMILES string of the molecule is CC/C=C\C/C=C\C/C=C\C/C=C\C/C=C\C/C=C\CCCCC(=O)OCC(COC(=O)CCCCCCC)OC(=O)CCCCCCCCCCC/C=C\C/C=C\CCCCCCC. The smallest absolute Gasteiger partial charge is 0.306 e. The van der Waals surface area contributed by atoms with Crippen LogP contribution in [0.4, 0.5) is 0 Å². The molecule has 0 saturated carbocycles. The summed E-state index contributed by atoms with van der Waals surface area (Å²) in [4.78, 5) is 37.7. The van der Waals surface area contributed by atoms with Gasteiger partial charge in [-0.05, 0) is 103 Å². The van der Waals surface area contributed by atoms with Crippen LogP contribution in [0.25, 0.3) is 0 Å². The van der Waals surface area contributed by atoms with Crippen molar-refractivity contribution in [2.75, 3.05) is 13.2 Å². The lowest BCUT2D eigenvalue weighted by molar-refractivity contribution is -0.167. The Bertz CT molecular complexity index is 1310. The first-order valence-electron chi connectivity index (χ1n) is 26.7. The summed E-state index contributed by atoms with van der Waals surface area (Å²) in [5.41, 5.74) is 0. The third-order valence-electron chi connectivity index (χ3n) is 11.1. The molecule has 65 heavy (non-hydrogen) atoms. The molecule has 0 fully saturated rings. The Morgan fingerprint density at radius 3 is 0.969 bits per heavy atom. The molecular formula is C59H98O6. The van der Waals surface area contributed by atoms with Gasteiger partial charge in [0.05, 0.1) is 0 Å². The maximum Gasteiger partial charge on any atom is 0.306 e. The lowest BCUT2D eigenvalue weighted by Crippen LogP contribution is -2.30. The molecule has 0 saturated heterocycles. The predicted octanol–water partition coefficient (Wildman–Crippen LogP) is 17.8. The van der Waals surface area contributed by atoms with Crippen molar-refractivity contribution in [3.8, 4) is 0 Å². The van der Waals surface area contributed by atoms with Gasteiger partial charge in [-0.1, -0.05) is 214 Å². The van der Waals surface area contributed by atoms with Gasteiger partial charge in [0.25, 0.3) is 0 Å². The summed E-state index contributed by atoms with van der Waals surface area (Å²) >= 11 is 0. The zero-order valence-electron chi connectivity index (χ0n) is 42.2. The van der Waals surface area contributed by atoms with Crippen LogP contribution in [-0.2, 0) is 28.6 Å². The number of carbonyl (C=O) groups is 3. The first-order chi connectivity index (χ1) is 32.0. The number of unbranched alkanes of at least 4 members (excludes halogenated alkanes) is 20. The molecule has 1 unspecified atom stereocenters. The van der Waals surface area contributed by atoms with Gasteiger partial charge in [0.1, 0.15) is 13.2 Å². The maximum absolute atomic E-state index is 12.8. The van der Waals surface area contributed by atoms with Gasteiger partial charge >= 0.3 is 17.9 Å². The van der Waals surface area contributed by atoms with Gasteiger partial charge in [0.2, 0.25) is 0 Å². The summed E-state index contributed by atoms with van der Waals surface area (Å²) in [5.74, 6) is -0.960. The standard InChI is InChI=1S/C59H98O6/c1-4-7-10-13-15-17-19-21-23-25-27-29-31-33-35-37-39-41-43-46-49-52-58(61)64-55-56(54-63-57(60)51-48-45-12-9-6-3)65-59(62)53-50-47-44-42-40-38-36-34-32-30-28-26-24-22-20-18-16-14-11-8-5-2/h7,10,15,17,20-23,26-29,33,35,39,41,56H,4-6,8-9,11-14,16,18-19,24-25,30-32,34,36-38,40,42-55H2,1-3H3/b10-7-,17-15-,22-20-,23-21-,28-26-,29-27-,35-33-,41-39-. The minimum atomic E-state index is -0.795. The van der Waals surface area contributed by atoms with E-state index in [0.29, 0.717) is 19.3 Å². The second kappa shape index (κ2) is 52.9. The van der Waals surface area contributed by atoms with Gasteiger partial charge in [-0.2, -0.15) is 0 Å². The zero-order valence-corrected chi connectivity index (χ0v) is 42.2. The van der Waals surface area contributed by atoms with E-state index >= 15 is 0 Å². The number of ether oxygens (including phenoxy) is 3. The fourth-order valence-corrected chi connectivity index (χ4v) is 7.06. The molecule has 0 radical (unpaired) electrons. The van der Waals surface area contributed by atoms with Gasteiger partial charge in [0.15, 0.2) is 6.10 Å². The predicted molar refractivity (Wildman–Crippen MR) is 279 cm³/mol. The van der Waals surface area contributed by atoms with Crippen LogP contribution in [0, 0.1) is 0 Å². The summed E-state index contributed by atoms with van der Waals surface area (Å²) in [6.07, 6.45) is 70.1. The number of esters is 3. The third-order valence-corrected chi connectivity index (χ3v) is 11.1. The molecule has 0 aliphatic heterocycles. The molecule has 0 heterocycles. The fourth-order valence-electron chi connectivity index (χ4n) is 7.06.